The van der Waals surface area contributed by atoms with Crippen LogP contribution in [0, 0.1) is 0 Å². The number of hydrogen-bond donors (Lipinski definition) is 2. The zero-order valence-corrected chi connectivity index (χ0v) is 15.7. The van der Waals surface area contributed by atoms with Crippen molar-refractivity contribution in [1.82, 2.24) is 0 Å². The molecule has 0 fully saturated rings. The highest BCUT2D eigenvalue weighted by atomic mass is 32.2. The van der Waals surface area contributed by atoms with Gasteiger partial charge in [0.1, 0.15) is 0 Å². The summed E-state index contributed by atoms with van der Waals surface area (Å²) in [5.41, 5.74) is 9.48. The van der Waals surface area contributed by atoms with Gasteiger partial charge in [-0.25, -0.2) is 0 Å². The van der Waals surface area contributed by atoms with Gasteiger partial charge in [0.05, 0.1) is 13.5 Å². The van der Waals surface area contributed by atoms with Crippen LogP contribution in [0.15, 0.2) is 48.5 Å². The minimum absolute atomic E-state index is 0.0382. The maximum atomic E-state index is 12.2. The second kappa shape index (κ2) is 10.5. The Balaban J connectivity index is 1.79. The number of anilines is 2. The molecule has 0 saturated heterocycles. The van der Waals surface area contributed by atoms with Crippen LogP contribution in [-0.2, 0) is 26.5 Å². The standard InChI is InChI=1S/C20H24N2O3S/c1-25-20(24)11-12-26-14-15-5-4-7-17(13-15)22-19(23)10-9-16-6-2-3-8-18(16)21/h2-8,13H,9-12,14,21H2,1H3,(H,22,23). The average molecular weight is 372 g/mol. The van der Waals surface area contributed by atoms with E-state index in [-0.39, 0.29) is 11.9 Å². The number of rotatable bonds is 9. The largest absolute Gasteiger partial charge is 0.469 e. The summed E-state index contributed by atoms with van der Waals surface area (Å²) >= 11 is 1.66. The van der Waals surface area contributed by atoms with E-state index in [0.29, 0.717) is 30.7 Å². The van der Waals surface area contributed by atoms with Crippen molar-refractivity contribution in [3.63, 3.8) is 0 Å². The third kappa shape index (κ3) is 6.80. The van der Waals surface area contributed by atoms with Gasteiger partial charge in [0, 0.05) is 29.3 Å². The topological polar surface area (TPSA) is 81.4 Å². The Kier molecular flexibility index (Phi) is 8.02. The van der Waals surface area contributed by atoms with Crippen LogP contribution in [0.4, 0.5) is 11.4 Å². The molecule has 2 aromatic rings. The van der Waals surface area contributed by atoms with Crippen molar-refractivity contribution in [2.24, 2.45) is 0 Å². The fourth-order valence-corrected chi connectivity index (χ4v) is 3.29. The first kappa shape index (κ1) is 19.8. The molecule has 3 N–H and O–H groups in total. The molecule has 0 saturated carbocycles. The van der Waals surface area contributed by atoms with Gasteiger partial charge in [-0.15, -0.1) is 0 Å². The molecule has 0 atom stereocenters. The van der Waals surface area contributed by atoms with E-state index in [1.807, 2.05) is 48.5 Å². The second-order valence-electron chi connectivity index (χ2n) is 5.83. The van der Waals surface area contributed by atoms with Gasteiger partial charge in [-0.2, -0.15) is 11.8 Å². The highest BCUT2D eigenvalue weighted by molar-refractivity contribution is 7.98. The summed E-state index contributed by atoms with van der Waals surface area (Å²) in [7, 11) is 1.39. The van der Waals surface area contributed by atoms with Crippen LogP contribution in [0.1, 0.15) is 24.0 Å². The van der Waals surface area contributed by atoms with Gasteiger partial charge in [0.2, 0.25) is 5.91 Å². The summed E-state index contributed by atoms with van der Waals surface area (Å²) in [6.07, 6.45) is 1.40. The molecule has 0 spiro atoms. The van der Waals surface area contributed by atoms with E-state index in [1.54, 1.807) is 11.8 Å². The summed E-state index contributed by atoms with van der Waals surface area (Å²) in [6, 6.07) is 15.3. The van der Waals surface area contributed by atoms with Gasteiger partial charge in [-0.05, 0) is 35.7 Å². The first-order valence-electron chi connectivity index (χ1n) is 8.45. The van der Waals surface area contributed by atoms with E-state index in [4.69, 9.17) is 5.73 Å². The fraction of sp³-hybridized carbons (Fsp3) is 0.300. The highest BCUT2D eigenvalue weighted by Crippen LogP contribution is 2.18. The number of aryl methyl sites for hydroxylation is 1. The van der Waals surface area contributed by atoms with Gasteiger partial charge in [0.25, 0.3) is 0 Å². The molecule has 1 amide bonds. The number of benzene rings is 2. The molecule has 0 radical (unpaired) electrons. The zero-order chi connectivity index (χ0) is 18.8. The highest BCUT2D eigenvalue weighted by Gasteiger charge is 2.06. The minimum Gasteiger partial charge on any atom is -0.469 e. The van der Waals surface area contributed by atoms with E-state index in [0.717, 1.165) is 22.6 Å². The maximum Gasteiger partial charge on any atom is 0.306 e. The van der Waals surface area contributed by atoms with Gasteiger partial charge >= 0.3 is 5.97 Å². The monoisotopic (exact) mass is 372 g/mol. The van der Waals surface area contributed by atoms with Gasteiger partial charge in [-0.1, -0.05) is 30.3 Å². The molecule has 6 heteroatoms. The van der Waals surface area contributed by atoms with Crippen LogP contribution in [0.5, 0.6) is 0 Å². The lowest BCUT2D eigenvalue weighted by molar-refractivity contribution is -0.140. The number of hydrogen-bond acceptors (Lipinski definition) is 5. The SMILES string of the molecule is COC(=O)CCSCc1cccc(NC(=O)CCc2ccccc2N)c1. The fourth-order valence-electron chi connectivity index (χ4n) is 2.42. The number of para-hydroxylation sites is 1. The molecule has 2 aromatic carbocycles. The average Bonchev–Trinajstić information content (AvgIpc) is 2.64. The van der Waals surface area contributed by atoms with E-state index in [9.17, 15) is 9.59 Å². The molecule has 0 heterocycles. The van der Waals surface area contributed by atoms with Crippen molar-refractivity contribution in [3.8, 4) is 0 Å². The second-order valence-corrected chi connectivity index (χ2v) is 6.93. The predicted molar refractivity (Wildman–Crippen MR) is 107 cm³/mol. The molecule has 138 valence electrons. The first-order valence-corrected chi connectivity index (χ1v) is 9.60. The molecule has 0 aromatic heterocycles. The summed E-state index contributed by atoms with van der Waals surface area (Å²) < 4.78 is 4.62. The van der Waals surface area contributed by atoms with E-state index in [2.05, 4.69) is 10.1 Å². The third-order valence-corrected chi connectivity index (χ3v) is 4.86. The number of thioether (sulfide) groups is 1. The van der Waals surface area contributed by atoms with E-state index in [1.165, 1.54) is 7.11 Å². The van der Waals surface area contributed by atoms with Crippen LogP contribution >= 0.6 is 11.8 Å². The Bertz CT molecular complexity index is 749. The number of nitrogen functional groups attached to an aromatic ring is 1. The van der Waals surface area contributed by atoms with E-state index < -0.39 is 0 Å². The molecule has 0 aliphatic heterocycles. The Morgan fingerprint density at radius 2 is 1.92 bits per heavy atom. The maximum absolute atomic E-state index is 12.2. The Morgan fingerprint density at radius 1 is 1.12 bits per heavy atom. The number of amides is 1. The summed E-state index contributed by atoms with van der Waals surface area (Å²) in [5, 5.41) is 2.93. The number of ether oxygens (including phenoxy) is 1. The molecule has 5 nitrogen and oxygen atoms in total. The number of nitrogens with two attached hydrogens (primary N) is 1. The van der Waals surface area contributed by atoms with Crippen LogP contribution in [0.2, 0.25) is 0 Å². The number of methoxy groups -OCH3 is 1. The zero-order valence-electron chi connectivity index (χ0n) is 14.9. The molecule has 0 unspecified atom stereocenters. The van der Waals surface area contributed by atoms with Crippen molar-refractivity contribution in [3.05, 3.63) is 59.7 Å². The minimum atomic E-state index is -0.197. The molecular weight excluding hydrogens is 348 g/mol. The lowest BCUT2D eigenvalue weighted by Crippen LogP contribution is -2.12. The van der Waals surface area contributed by atoms with Gasteiger partial charge in [0.15, 0.2) is 0 Å². The van der Waals surface area contributed by atoms with Crippen molar-refractivity contribution >= 4 is 35.0 Å². The number of esters is 1. The van der Waals surface area contributed by atoms with Crippen LogP contribution < -0.4 is 11.1 Å². The lowest BCUT2D eigenvalue weighted by Gasteiger charge is -2.08. The first-order chi connectivity index (χ1) is 12.6. The number of carbonyl (C=O) groups is 2. The Hall–Kier alpha value is -2.47. The molecule has 0 bridgehead atoms. The summed E-state index contributed by atoms with van der Waals surface area (Å²) in [4.78, 5) is 23.3. The normalized spacial score (nSPS) is 10.3. The van der Waals surface area contributed by atoms with Crippen molar-refractivity contribution < 1.29 is 14.3 Å². The Morgan fingerprint density at radius 3 is 2.69 bits per heavy atom. The number of carbonyl (C=O) groups excluding carboxylic acids is 2. The molecule has 0 aliphatic carbocycles. The molecule has 0 aliphatic rings. The third-order valence-electron chi connectivity index (χ3n) is 3.83. The summed E-state index contributed by atoms with van der Waals surface area (Å²) in [6.45, 7) is 0. The Labute approximate surface area is 158 Å². The number of nitrogens with one attached hydrogen (secondary N) is 1. The van der Waals surface area contributed by atoms with Crippen LogP contribution in [0.25, 0.3) is 0 Å². The quantitative estimate of drug-likeness (QED) is 0.399. The predicted octanol–water partition coefficient (Wildman–Crippen LogP) is 3.64. The smallest absolute Gasteiger partial charge is 0.306 e. The van der Waals surface area contributed by atoms with Gasteiger partial charge in [-0.3, -0.25) is 9.59 Å². The van der Waals surface area contributed by atoms with Crippen molar-refractivity contribution in [2.75, 3.05) is 23.9 Å². The van der Waals surface area contributed by atoms with Crippen LogP contribution in [-0.4, -0.2) is 24.7 Å². The summed E-state index contributed by atoms with van der Waals surface area (Å²) in [5.74, 6) is 1.25. The molecular formula is C20H24N2O3S. The van der Waals surface area contributed by atoms with Crippen molar-refractivity contribution in [1.29, 1.82) is 0 Å². The lowest BCUT2D eigenvalue weighted by atomic mass is 10.1. The van der Waals surface area contributed by atoms with Crippen LogP contribution in [0.3, 0.4) is 0 Å². The van der Waals surface area contributed by atoms with Crippen molar-refractivity contribution in [2.45, 2.75) is 25.0 Å². The molecule has 2 rings (SSSR count). The molecule has 26 heavy (non-hydrogen) atoms. The van der Waals surface area contributed by atoms with Gasteiger partial charge < -0.3 is 15.8 Å². The van der Waals surface area contributed by atoms with E-state index >= 15 is 0 Å².